The van der Waals surface area contributed by atoms with Crippen LogP contribution in [0.25, 0.3) is 0 Å². The highest BCUT2D eigenvalue weighted by molar-refractivity contribution is 5.94. The van der Waals surface area contributed by atoms with Gasteiger partial charge in [0, 0.05) is 26.3 Å². The van der Waals surface area contributed by atoms with Crippen molar-refractivity contribution >= 4 is 11.9 Å². The summed E-state index contributed by atoms with van der Waals surface area (Å²) in [5.74, 6) is -1.28. The first kappa shape index (κ1) is 18.0. The number of carbonyl (C=O) groups excluding carboxylic acids is 1. The first-order chi connectivity index (χ1) is 11.3. The number of aromatic nitrogens is 1. The van der Waals surface area contributed by atoms with Crippen LogP contribution in [-0.4, -0.2) is 39.5 Å². The van der Waals surface area contributed by atoms with Crippen molar-refractivity contribution in [2.24, 2.45) is 12.5 Å². The van der Waals surface area contributed by atoms with Gasteiger partial charge >= 0.3 is 5.97 Å². The Morgan fingerprint density at radius 1 is 1.38 bits per heavy atom. The van der Waals surface area contributed by atoms with Crippen LogP contribution in [0.2, 0.25) is 0 Å². The Balaban J connectivity index is 2.30. The SMILES string of the molecule is CC(C)=CC[C@]1(C(=O)O)CCCN(C(=O)c2cccn(C)c2=O)C1. The number of carboxylic acids is 1. The standard InChI is InChI=1S/C18H24N2O4/c1-13(2)7-9-18(17(23)24)8-5-11-20(12-18)16(22)14-6-4-10-19(3)15(14)21/h4,6-7,10H,5,8-9,11-12H2,1-3H3,(H,23,24)/t18-/m1/s1. The molecule has 0 radical (unpaired) electrons. The van der Waals surface area contributed by atoms with Crippen LogP contribution in [0, 0.1) is 5.41 Å². The zero-order chi connectivity index (χ0) is 17.9. The Bertz CT molecular complexity index is 731. The number of aryl methyl sites for hydroxylation is 1. The quantitative estimate of drug-likeness (QED) is 0.856. The zero-order valence-corrected chi connectivity index (χ0v) is 14.4. The molecule has 1 saturated heterocycles. The molecule has 0 spiro atoms. The van der Waals surface area contributed by atoms with Crippen LogP contribution in [0.5, 0.6) is 0 Å². The summed E-state index contributed by atoms with van der Waals surface area (Å²) in [6.07, 6.45) is 5.03. The van der Waals surface area contributed by atoms with Gasteiger partial charge in [-0.15, -0.1) is 0 Å². The van der Waals surface area contributed by atoms with Gasteiger partial charge in [0.1, 0.15) is 5.56 Å². The van der Waals surface area contributed by atoms with Gasteiger partial charge < -0.3 is 14.6 Å². The molecular formula is C18H24N2O4. The number of hydrogen-bond donors (Lipinski definition) is 1. The summed E-state index contributed by atoms with van der Waals surface area (Å²) in [5, 5.41) is 9.74. The van der Waals surface area contributed by atoms with Crippen LogP contribution in [0.1, 0.15) is 43.5 Å². The zero-order valence-electron chi connectivity index (χ0n) is 14.4. The minimum absolute atomic E-state index is 0.0865. The van der Waals surface area contributed by atoms with E-state index in [0.717, 1.165) is 5.57 Å². The molecule has 1 aromatic heterocycles. The van der Waals surface area contributed by atoms with E-state index < -0.39 is 17.3 Å². The molecule has 1 aromatic rings. The van der Waals surface area contributed by atoms with E-state index in [9.17, 15) is 19.5 Å². The van der Waals surface area contributed by atoms with E-state index in [1.54, 1.807) is 19.3 Å². The fourth-order valence-corrected chi connectivity index (χ4v) is 3.06. The lowest BCUT2D eigenvalue weighted by Crippen LogP contribution is -2.50. The van der Waals surface area contributed by atoms with Crippen LogP contribution in [0.4, 0.5) is 0 Å². The maximum Gasteiger partial charge on any atom is 0.311 e. The number of allylic oxidation sites excluding steroid dienone is 2. The molecule has 2 rings (SSSR count). The fourth-order valence-electron chi connectivity index (χ4n) is 3.06. The van der Waals surface area contributed by atoms with E-state index >= 15 is 0 Å². The minimum Gasteiger partial charge on any atom is -0.481 e. The average Bonchev–Trinajstić information content (AvgIpc) is 2.55. The largest absolute Gasteiger partial charge is 0.481 e. The van der Waals surface area contributed by atoms with E-state index in [0.29, 0.717) is 25.8 Å². The molecule has 1 aliphatic rings. The summed E-state index contributed by atoms with van der Waals surface area (Å²) in [7, 11) is 1.59. The molecule has 0 aromatic carbocycles. The van der Waals surface area contributed by atoms with Gasteiger partial charge in [0.2, 0.25) is 0 Å². The van der Waals surface area contributed by atoms with Crippen LogP contribution >= 0.6 is 0 Å². The maximum atomic E-state index is 12.7. The summed E-state index contributed by atoms with van der Waals surface area (Å²) in [4.78, 5) is 38.3. The lowest BCUT2D eigenvalue weighted by Gasteiger charge is -2.39. The van der Waals surface area contributed by atoms with Gasteiger partial charge in [-0.1, -0.05) is 11.6 Å². The number of amides is 1. The molecule has 1 amide bonds. The molecule has 1 N–H and O–H groups in total. The Morgan fingerprint density at radius 2 is 2.08 bits per heavy atom. The third kappa shape index (κ3) is 3.58. The van der Waals surface area contributed by atoms with Gasteiger partial charge in [-0.25, -0.2) is 0 Å². The van der Waals surface area contributed by atoms with Gasteiger partial charge in [-0.3, -0.25) is 14.4 Å². The first-order valence-corrected chi connectivity index (χ1v) is 8.08. The van der Waals surface area contributed by atoms with E-state index in [1.807, 2.05) is 19.9 Å². The predicted molar refractivity (Wildman–Crippen MR) is 90.9 cm³/mol. The van der Waals surface area contributed by atoms with Crippen molar-refractivity contribution in [2.45, 2.75) is 33.1 Å². The molecule has 1 atom stereocenters. The molecule has 0 saturated carbocycles. The van der Waals surface area contributed by atoms with Gasteiger partial charge in [0.05, 0.1) is 5.41 Å². The topological polar surface area (TPSA) is 79.6 Å². The number of aliphatic carboxylic acids is 1. The second-order valence-electron chi connectivity index (χ2n) is 6.74. The number of likely N-dealkylation sites (tertiary alicyclic amines) is 1. The monoisotopic (exact) mass is 332 g/mol. The normalized spacial score (nSPS) is 20.5. The van der Waals surface area contributed by atoms with Crippen molar-refractivity contribution in [2.75, 3.05) is 13.1 Å². The molecule has 0 aliphatic carbocycles. The summed E-state index contributed by atoms with van der Waals surface area (Å²) in [5.41, 5.74) is -0.205. The molecule has 130 valence electrons. The third-order valence-electron chi connectivity index (χ3n) is 4.57. The fraction of sp³-hybridized carbons (Fsp3) is 0.500. The van der Waals surface area contributed by atoms with E-state index in [-0.39, 0.29) is 17.7 Å². The highest BCUT2D eigenvalue weighted by Gasteiger charge is 2.43. The van der Waals surface area contributed by atoms with Crippen LogP contribution in [0.3, 0.4) is 0 Å². The molecule has 24 heavy (non-hydrogen) atoms. The lowest BCUT2D eigenvalue weighted by atomic mass is 9.76. The van der Waals surface area contributed by atoms with Crippen LogP contribution in [-0.2, 0) is 11.8 Å². The van der Waals surface area contributed by atoms with Gasteiger partial charge in [-0.05, 0) is 45.2 Å². The number of pyridine rings is 1. The number of rotatable bonds is 4. The highest BCUT2D eigenvalue weighted by Crippen LogP contribution is 2.35. The summed E-state index contributed by atoms with van der Waals surface area (Å²) >= 11 is 0. The molecule has 6 heteroatoms. The number of carboxylic acid groups (broad SMARTS) is 1. The van der Waals surface area contributed by atoms with Crippen molar-refractivity contribution in [3.8, 4) is 0 Å². The molecule has 0 unspecified atom stereocenters. The molecular weight excluding hydrogens is 308 g/mol. The van der Waals surface area contributed by atoms with E-state index in [4.69, 9.17) is 0 Å². The Hall–Kier alpha value is -2.37. The Morgan fingerprint density at radius 3 is 2.71 bits per heavy atom. The molecule has 2 heterocycles. The summed E-state index contributed by atoms with van der Waals surface area (Å²) in [6.45, 7) is 4.45. The second kappa shape index (κ2) is 7.03. The smallest absolute Gasteiger partial charge is 0.311 e. The first-order valence-electron chi connectivity index (χ1n) is 8.08. The number of piperidine rings is 1. The highest BCUT2D eigenvalue weighted by atomic mass is 16.4. The van der Waals surface area contributed by atoms with Crippen molar-refractivity contribution in [1.29, 1.82) is 0 Å². The van der Waals surface area contributed by atoms with Crippen LogP contribution < -0.4 is 5.56 Å². The molecule has 1 aliphatic heterocycles. The predicted octanol–water partition coefficient (Wildman–Crippen LogP) is 2.05. The lowest BCUT2D eigenvalue weighted by molar-refractivity contribution is -0.151. The van der Waals surface area contributed by atoms with Crippen molar-refractivity contribution in [3.05, 3.63) is 45.9 Å². The Labute approximate surface area is 141 Å². The third-order valence-corrected chi connectivity index (χ3v) is 4.57. The molecule has 6 nitrogen and oxygen atoms in total. The maximum absolute atomic E-state index is 12.7. The van der Waals surface area contributed by atoms with E-state index in [2.05, 4.69) is 0 Å². The van der Waals surface area contributed by atoms with Crippen LogP contribution in [0.15, 0.2) is 34.8 Å². The van der Waals surface area contributed by atoms with Crippen molar-refractivity contribution in [3.63, 3.8) is 0 Å². The molecule has 1 fully saturated rings. The minimum atomic E-state index is -0.981. The average molecular weight is 332 g/mol. The Kier molecular flexibility index (Phi) is 5.26. The summed E-state index contributed by atoms with van der Waals surface area (Å²) in [6, 6.07) is 3.14. The van der Waals surface area contributed by atoms with Gasteiger partial charge in [0.15, 0.2) is 0 Å². The second-order valence-corrected chi connectivity index (χ2v) is 6.74. The summed E-state index contributed by atoms with van der Waals surface area (Å²) < 4.78 is 1.35. The number of carbonyl (C=O) groups is 2. The number of hydrogen-bond acceptors (Lipinski definition) is 3. The number of nitrogens with zero attached hydrogens (tertiary/aromatic N) is 2. The van der Waals surface area contributed by atoms with Crippen molar-refractivity contribution < 1.29 is 14.7 Å². The van der Waals surface area contributed by atoms with E-state index in [1.165, 1.54) is 15.5 Å². The van der Waals surface area contributed by atoms with Crippen molar-refractivity contribution in [1.82, 2.24) is 9.47 Å². The molecule has 0 bridgehead atoms. The van der Waals surface area contributed by atoms with Gasteiger partial charge in [-0.2, -0.15) is 0 Å². The van der Waals surface area contributed by atoms with Gasteiger partial charge in [0.25, 0.3) is 11.5 Å².